The Morgan fingerprint density at radius 3 is 2.34 bits per heavy atom. The fourth-order valence-corrected chi connectivity index (χ4v) is 4.21. The van der Waals surface area contributed by atoms with Gasteiger partial charge in [0.1, 0.15) is 17.2 Å². The molecule has 0 unspecified atom stereocenters. The maximum atomic E-state index is 12.8. The minimum absolute atomic E-state index is 0.159. The third-order valence-corrected chi connectivity index (χ3v) is 6.28. The molecule has 1 fully saturated rings. The first kappa shape index (κ1) is 28.1. The highest BCUT2D eigenvalue weighted by atomic mass is 19.4. The smallest absolute Gasteiger partial charge is 0.456 e. The predicted molar refractivity (Wildman–Crippen MR) is 138 cm³/mol. The number of aromatic nitrogens is 2. The number of benzene rings is 2. The fourth-order valence-electron chi connectivity index (χ4n) is 4.21. The second-order valence-corrected chi connectivity index (χ2v) is 9.62. The largest absolute Gasteiger partial charge is 0.573 e. The van der Waals surface area contributed by atoms with Crippen LogP contribution in [0.4, 0.5) is 32.0 Å². The molecule has 0 bridgehead atoms. The summed E-state index contributed by atoms with van der Waals surface area (Å²) >= 11 is 0. The third-order valence-electron chi connectivity index (χ3n) is 6.28. The Balaban J connectivity index is 1.47. The Morgan fingerprint density at radius 1 is 1.00 bits per heavy atom. The van der Waals surface area contributed by atoms with Gasteiger partial charge in [-0.05, 0) is 61.7 Å². The molecule has 2 aromatic heterocycles. The van der Waals surface area contributed by atoms with Crippen LogP contribution in [0.1, 0.15) is 35.2 Å². The van der Waals surface area contributed by atoms with Gasteiger partial charge in [0.05, 0.1) is 30.2 Å². The average Bonchev–Trinajstić information content (AvgIpc) is 3.58. The number of hydrogen-bond acceptors (Lipinski definition) is 5. The molecule has 2 aromatic carbocycles. The van der Waals surface area contributed by atoms with Crippen LogP contribution in [0.5, 0.6) is 17.2 Å². The Hall–Kier alpha value is -4.42. The molecule has 7 nitrogen and oxygen atoms in total. The van der Waals surface area contributed by atoms with Gasteiger partial charge < -0.3 is 20.1 Å². The molecule has 216 valence electrons. The number of anilines is 1. The molecule has 0 radical (unpaired) electrons. The number of nitrogens with zero attached hydrogens (tertiary/aromatic N) is 2. The van der Waals surface area contributed by atoms with Crippen molar-refractivity contribution >= 4 is 17.2 Å². The number of fused-ring (bicyclic) bond motifs is 1. The van der Waals surface area contributed by atoms with Gasteiger partial charge >= 0.3 is 12.5 Å². The topological polar surface area (TPSA) is 76.9 Å². The van der Waals surface area contributed by atoms with Gasteiger partial charge in [-0.1, -0.05) is 6.07 Å². The minimum atomic E-state index is -4.85. The van der Waals surface area contributed by atoms with Crippen molar-refractivity contribution in [2.24, 2.45) is 0 Å². The van der Waals surface area contributed by atoms with Crippen LogP contribution in [0.3, 0.4) is 0 Å². The van der Waals surface area contributed by atoms with Crippen molar-refractivity contribution in [1.82, 2.24) is 14.7 Å². The number of alkyl halides is 6. The molecule has 5 rings (SSSR count). The molecule has 13 heteroatoms. The number of hydrogen-bond donors (Lipinski definition) is 2. The molecule has 1 aliphatic rings. The van der Waals surface area contributed by atoms with E-state index in [4.69, 9.17) is 4.74 Å². The molecule has 1 amide bonds. The summed E-state index contributed by atoms with van der Waals surface area (Å²) in [5.74, 6) is -0.235. The second kappa shape index (κ2) is 10.9. The summed E-state index contributed by atoms with van der Waals surface area (Å²) in [6.45, 7) is 1.39. The first-order valence-corrected chi connectivity index (χ1v) is 12.6. The van der Waals surface area contributed by atoms with E-state index in [0.29, 0.717) is 22.5 Å². The Morgan fingerprint density at radius 2 is 1.71 bits per heavy atom. The quantitative estimate of drug-likeness (QED) is 0.205. The van der Waals surface area contributed by atoms with Gasteiger partial charge in [-0.2, -0.15) is 13.2 Å². The van der Waals surface area contributed by atoms with Crippen molar-refractivity contribution in [3.05, 3.63) is 72.1 Å². The van der Waals surface area contributed by atoms with Crippen LogP contribution in [-0.2, 0) is 0 Å². The number of amides is 1. The van der Waals surface area contributed by atoms with E-state index in [-0.39, 0.29) is 29.1 Å². The van der Waals surface area contributed by atoms with Gasteiger partial charge in [-0.15, -0.1) is 13.2 Å². The molecule has 2 N–H and O–H groups in total. The van der Waals surface area contributed by atoms with Crippen molar-refractivity contribution in [1.29, 1.82) is 0 Å². The molecule has 0 spiro atoms. The van der Waals surface area contributed by atoms with E-state index in [1.807, 2.05) is 6.07 Å². The van der Waals surface area contributed by atoms with Gasteiger partial charge in [-0.3, -0.25) is 9.20 Å². The molecule has 0 atom stereocenters. The lowest BCUT2D eigenvalue weighted by Gasteiger charge is -2.14. The van der Waals surface area contributed by atoms with E-state index < -0.39 is 31.3 Å². The minimum Gasteiger partial charge on any atom is -0.456 e. The van der Waals surface area contributed by atoms with Crippen molar-refractivity contribution in [2.45, 2.75) is 44.8 Å². The van der Waals surface area contributed by atoms with Crippen LogP contribution < -0.4 is 20.1 Å². The summed E-state index contributed by atoms with van der Waals surface area (Å²) in [7, 11) is 0. The van der Waals surface area contributed by atoms with Gasteiger partial charge in [-0.25, -0.2) is 4.98 Å². The summed E-state index contributed by atoms with van der Waals surface area (Å²) in [6, 6.07) is 11.6. The van der Waals surface area contributed by atoms with Crippen LogP contribution in [0, 0.1) is 6.92 Å². The van der Waals surface area contributed by atoms with Gasteiger partial charge in [0.15, 0.2) is 5.65 Å². The fraction of sp³-hybridized carbons (Fsp3) is 0.286. The van der Waals surface area contributed by atoms with E-state index >= 15 is 0 Å². The number of nitrogens with one attached hydrogen (secondary N) is 2. The summed E-state index contributed by atoms with van der Waals surface area (Å²) in [5, 5.41) is 5.70. The van der Waals surface area contributed by atoms with E-state index in [0.717, 1.165) is 30.5 Å². The number of pyridine rings is 1. The number of carbonyl (C=O) groups is 1. The van der Waals surface area contributed by atoms with Gasteiger partial charge in [0.2, 0.25) is 0 Å². The molecule has 2 heterocycles. The summed E-state index contributed by atoms with van der Waals surface area (Å²) in [6.07, 6.45) is -5.27. The van der Waals surface area contributed by atoms with E-state index in [2.05, 4.69) is 20.4 Å². The monoisotopic (exact) mass is 578 g/mol. The first-order chi connectivity index (χ1) is 19.3. The normalized spacial score (nSPS) is 13.7. The maximum Gasteiger partial charge on any atom is 0.573 e. The lowest BCUT2D eigenvalue weighted by atomic mass is 10.0. The highest BCUT2D eigenvalue weighted by molar-refractivity contribution is 5.96. The van der Waals surface area contributed by atoms with Gasteiger partial charge in [0.25, 0.3) is 5.91 Å². The third kappa shape index (κ3) is 7.21. The molecular formula is C28H24F6N4O3. The zero-order chi connectivity index (χ0) is 29.4. The molecule has 0 aliphatic heterocycles. The second-order valence-electron chi connectivity index (χ2n) is 9.62. The molecule has 41 heavy (non-hydrogen) atoms. The summed E-state index contributed by atoms with van der Waals surface area (Å²) in [5.41, 5.74) is 3.13. The number of imidazole rings is 1. The molecular weight excluding hydrogens is 554 g/mol. The lowest BCUT2D eigenvalue weighted by Crippen LogP contribution is -2.26. The zero-order valence-electron chi connectivity index (χ0n) is 21.6. The Labute approximate surface area is 230 Å². The number of aryl methyl sites for hydroxylation is 1. The van der Waals surface area contributed by atoms with E-state index in [9.17, 15) is 31.1 Å². The Bertz CT molecular complexity index is 1560. The Kier molecular flexibility index (Phi) is 7.45. The molecule has 1 aliphatic carbocycles. The van der Waals surface area contributed by atoms with Crippen LogP contribution in [-0.4, -0.2) is 40.4 Å². The van der Waals surface area contributed by atoms with E-state index in [1.54, 1.807) is 35.9 Å². The number of ether oxygens (including phenoxy) is 2. The highest BCUT2D eigenvalue weighted by Gasteiger charge is 2.31. The maximum absolute atomic E-state index is 12.8. The number of carbonyl (C=O) groups excluding carboxylic acids is 1. The highest BCUT2D eigenvalue weighted by Crippen LogP contribution is 2.33. The van der Waals surface area contributed by atoms with E-state index in [1.165, 1.54) is 18.2 Å². The molecule has 1 saturated carbocycles. The SMILES string of the molecule is Cc1cc(-c2cnc3c(NCCC(F)(F)F)cc(Oc4ccc(OC(F)(F)F)cc4)cn23)ccc1C(=O)NC1CC1. The predicted octanol–water partition coefficient (Wildman–Crippen LogP) is 7.26. The lowest BCUT2D eigenvalue weighted by molar-refractivity contribution is -0.274. The molecule has 4 aromatic rings. The zero-order valence-corrected chi connectivity index (χ0v) is 21.6. The van der Waals surface area contributed by atoms with Crippen molar-refractivity contribution < 1.29 is 40.6 Å². The van der Waals surface area contributed by atoms with Crippen LogP contribution in [0.25, 0.3) is 16.9 Å². The van der Waals surface area contributed by atoms with Crippen LogP contribution >= 0.6 is 0 Å². The summed E-state index contributed by atoms with van der Waals surface area (Å²) in [4.78, 5) is 17.0. The number of halogens is 6. The van der Waals surface area contributed by atoms with Gasteiger partial charge in [0, 0.05) is 29.8 Å². The standard InChI is InChI=1S/C28H24F6N4O3/c1-16-12-17(2-9-22(16)26(39)37-18-3-4-18)24-14-36-25-23(35-11-10-27(29,30)31)13-21(15-38(24)25)40-19-5-7-20(8-6-19)41-28(32,33)34/h2,5-9,12-15,18,35H,3-4,10-11H2,1H3,(H,37,39). The van der Waals surface area contributed by atoms with Crippen molar-refractivity contribution in [2.75, 3.05) is 11.9 Å². The van der Waals surface area contributed by atoms with Crippen LogP contribution in [0.2, 0.25) is 0 Å². The van der Waals surface area contributed by atoms with Crippen molar-refractivity contribution in [3.8, 4) is 28.5 Å². The number of rotatable bonds is 9. The molecule has 0 saturated heterocycles. The average molecular weight is 579 g/mol. The summed E-state index contributed by atoms with van der Waals surface area (Å²) < 4.78 is 87.2. The first-order valence-electron chi connectivity index (χ1n) is 12.6. The van der Waals surface area contributed by atoms with Crippen LogP contribution in [0.15, 0.2) is 60.9 Å². The van der Waals surface area contributed by atoms with Crippen molar-refractivity contribution in [3.63, 3.8) is 0 Å².